The van der Waals surface area contributed by atoms with Crippen molar-refractivity contribution < 1.29 is 9.18 Å². The number of unbranched alkanes of at least 4 members (excludes halogenated alkanes) is 2. The Morgan fingerprint density at radius 2 is 2.26 bits per heavy atom. The van der Waals surface area contributed by atoms with Gasteiger partial charge >= 0.3 is 0 Å². The van der Waals surface area contributed by atoms with Crippen LogP contribution in [-0.2, 0) is 6.54 Å². The predicted octanol–water partition coefficient (Wildman–Crippen LogP) is 3.07. The molecule has 2 aromatic rings. The molecular formula is C14H14FN3O. The molecule has 0 amide bonds. The number of fused-ring (bicyclic) bond motifs is 1. The van der Waals surface area contributed by atoms with Crippen molar-refractivity contribution in [2.75, 3.05) is 0 Å². The molecule has 5 heteroatoms. The fraction of sp³-hybridized carbons (Fsp3) is 0.357. The highest BCUT2D eigenvalue weighted by molar-refractivity contribution is 6.04. The third-order valence-electron chi connectivity index (χ3n) is 2.96. The second kappa shape index (κ2) is 5.61. The minimum absolute atomic E-state index is 0.175. The van der Waals surface area contributed by atoms with Gasteiger partial charge in [-0.3, -0.25) is 9.48 Å². The van der Waals surface area contributed by atoms with Crippen LogP contribution in [0.15, 0.2) is 18.2 Å². The molecule has 0 fully saturated rings. The van der Waals surface area contributed by atoms with Crippen molar-refractivity contribution in [1.82, 2.24) is 9.78 Å². The summed E-state index contributed by atoms with van der Waals surface area (Å²) >= 11 is 0. The predicted molar refractivity (Wildman–Crippen MR) is 69.2 cm³/mol. The maximum absolute atomic E-state index is 13.9. The highest BCUT2D eigenvalue weighted by Gasteiger charge is 2.16. The van der Waals surface area contributed by atoms with E-state index in [1.54, 1.807) is 12.1 Å². The first-order chi connectivity index (χ1) is 9.15. The zero-order valence-electron chi connectivity index (χ0n) is 10.7. The molecule has 0 N–H and O–H groups in total. The molecule has 1 heterocycles. The van der Waals surface area contributed by atoms with Gasteiger partial charge in [0.2, 0.25) is 0 Å². The third kappa shape index (κ3) is 2.63. The van der Waals surface area contributed by atoms with Crippen LogP contribution in [-0.4, -0.2) is 15.6 Å². The van der Waals surface area contributed by atoms with Crippen LogP contribution < -0.4 is 0 Å². The van der Waals surface area contributed by atoms with Gasteiger partial charge in [-0.2, -0.15) is 10.4 Å². The number of Topliss-reactive ketones (excluding diaryl/α,β-unsaturated/α-hetero) is 1. The molecule has 0 spiro atoms. The van der Waals surface area contributed by atoms with E-state index < -0.39 is 0 Å². The van der Waals surface area contributed by atoms with Crippen LogP contribution >= 0.6 is 0 Å². The molecule has 1 aromatic heterocycles. The second-order valence-electron chi connectivity index (χ2n) is 4.38. The third-order valence-corrected chi connectivity index (χ3v) is 2.96. The summed E-state index contributed by atoms with van der Waals surface area (Å²) in [7, 11) is 0. The minimum Gasteiger partial charge on any atom is -0.293 e. The fourth-order valence-electron chi connectivity index (χ4n) is 2.08. The number of hydrogen-bond donors (Lipinski definition) is 0. The number of hydrogen-bond acceptors (Lipinski definition) is 3. The van der Waals surface area contributed by atoms with Crippen molar-refractivity contribution in [3.05, 3.63) is 29.7 Å². The van der Waals surface area contributed by atoms with Gasteiger partial charge in [0.05, 0.1) is 6.07 Å². The summed E-state index contributed by atoms with van der Waals surface area (Å²) < 4.78 is 15.4. The monoisotopic (exact) mass is 259 g/mol. The minimum atomic E-state index is -0.377. The normalized spacial score (nSPS) is 10.6. The van der Waals surface area contributed by atoms with E-state index >= 15 is 0 Å². The summed E-state index contributed by atoms with van der Waals surface area (Å²) in [6.45, 7) is 1.93. The van der Waals surface area contributed by atoms with E-state index in [4.69, 9.17) is 5.26 Å². The Balaban J connectivity index is 2.38. The lowest BCUT2D eigenvalue weighted by Gasteiger charge is -2.02. The molecule has 0 atom stereocenters. The van der Waals surface area contributed by atoms with E-state index in [0.717, 1.165) is 12.8 Å². The summed E-state index contributed by atoms with van der Waals surface area (Å²) in [6, 6.07) is 6.71. The molecule has 0 aliphatic rings. The van der Waals surface area contributed by atoms with Crippen molar-refractivity contribution in [2.24, 2.45) is 0 Å². The highest BCUT2D eigenvalue weighted by atomic mass is 19.1. The smallest absolute Gasteiger partial charge is 0.180 e. The summed E-state index contributed by atoms with van der Waals surface area (Å²) in [5, 5.41) is 13.2. The molecule has 19 heavy (non-hydrogen) atoms. The molecule has 1 aromatic carbocycles. The van der Waals surface area contributed by atoms with Crippen LogP contribution in [0.3, 0.4) is 0 Å². The van der Waals surface area contributed by atoms with E-state index in [1.807, 2.05) is 0 Å². The van der Waals surface area contributed by atoms with Crippen LogP contribution in [0.4, 0.5) is 4.39 Å². The van der Waals surface area contributed by atoms with E-state index in [1.165, 1.54) is 17.7 Å². The van der Waals surface area contributed by atoms with Gasteiger partial charge in [-0.1, -0.05) is 12.1 Å². The standard InChI is InChI=1S/C14H14FN3O/c1-10(19)13-11-6-5-7-12(15)14(11)18(17-13)9-4-2-3-8-16/h5-7H,2-4,9H2,1H3. The van der Waals surface area contributed by atoms with Crippen LogP contribution in [0.2, 0.25) is 0 Å². The molecule has 0 radical (unpaired) electrons. The number of ketones is 1. The Hall–Kier alpha value is -2.22. The molecule has 98 valence electrons. The topological polar surface area (TPSA) is 58.7 Å². The molecule has 0 aliphatic carbocycles. The zero-order chi connectivity index (χ0) is 13.8. The first kappa shape index (κ1) is 13.2. The van der Waals surface area contributed by atoms with Gasteiger partial charge < -0.3 is 0 Å². The van der Waals surface area contributed by atoms with E-state index in [9.17, 15) is 9.18 Å². The Morgan fingerprint density at radius 1 is 1.47 bits per heavy atom. The molecule has 0 saturated heterocycles. The number of aryl methyl sites for hydroxylation is 1. The molecule has 4 nitrogen and oxygen atoms in total. The van der Waals surface area contributed by atoms with Crippen LogP contribution in [0, 0.1) is 17.1 Å². The lowest BCUT2D eigenvalue weighted by Crippen LogP contribution is -2.03. The SMILES string of the molecule is CC(=O)c1nn(CCCCC#N)c2c(F)cccc12. The number of carbonyl (C=O) groups excluding carboxylic acids is 1. The largest absolute Gasteiger partial charge is 0.293 e. The quantitative estimate of drug-likeness (QED) is 0.612. The second-order valence-corrected chi connectivity index (χ2v) is 4.38. The van der Waals surface area contributed by atoms with Gasteiger partial charge in [0.15, 0.2) is 5.78 Å². The van der Waals surface area contributed by atoms with Crippen molar-refractivity contribution in [3.8, 4) is 6.07 Å². The van der Waals surface area contributed by atoms with Crippen molar-refractivity contribution in [1.29, 1.82) is 5.26 Å². The average Bonchev–Trinajstić information content (AvgIpc) is 2.75. The van der Waals surface area contributed by atoms with Gasteiger partial charge in [-0.05, 0) is 18.9 Å². The van der Waals surface area contributed by atoms with Crippen LogP contribution in [0.25, 0.3) is 10.9 Å². The number of rotatable bonds is 5. The Morgan fingerprint density at radius 3 is 2.95 bits per heavy atom. The van der Waals surface area contributed by atoms with Crippen LogP contribution in [0.5, 0.6) is 0 Å². The van der Waals surface area contributed by atoms with Crippen LogP contribution in [0.1, 0.15) is 36.7 Å². The summed E-state index contributed by atoms with van der Waals surface area (Å²) in [5.74, 6) is -0.552. The molecule has 2 rings (SSSR count). The van der Waals surface area contributed by atoms with E-state index in [2.05, 4.69) is 11.2 Å². The lowest BCUT2D eigenvalue weighted by atomic mass is 10.1. The van der Waals surface area contributed by atoms with E-state index in [0.29, 0.717) is 29.6 Å². The Kier molecular flexibility index (Phi) is 3.91. The van der Waals surface area contributed by atoms with Gasteiger partial charge in [0.25, 0.3) is 0 Å². The number of aromatic nitrogens is 2. The molecular weight excluding hydrogens is 245 g/mol. The molecule has 0 bridgehead atoms. The van der Waals surface area contributed by atoms with Gasteiger partial charge in [0, 0.05) is 25.3 Å². The molecule has 0 aliphatic heterocycles. The number of benzene rings is 1. The fourth-order valence-corrected chi connectivity index (χ4v) is 2.08. The number of para-hydroxylation sites is 1. The first-order valence-corrected chi connectivity index (χ1v) is 6.18. The summed E-state index contributed by atoms with van der Waals surface area (Å²) in [5.41, 5.74) is 0.666. The lowest BCUT2D eigenvalue weighted by molar-refractivity contribution is 0.101. The van der Waals surface area contributed by atoms with Gasteiger partial charge in [-0.25, -0.2) is 4.39 Å². The number of nitriles is 1. The Labute approximate surface area is 110 Å². The van der Waals surface area contributed by atoms with E-state index in [-0.39, 0.29) is 11.6 Å². The number of carbonyl (C=O) groups is 1. The van der Waals surface area contributed by atoms with Crippen molar-refractivity contribution in [2.45, 2.75) is 32.7 Å². The summed E-state index contributed by atoms with van der Waals surface area (Å²) in [4.78, 5) is 11.5. The zero-order valence-corrected chi connectivity index (χ0v) is 10.7. The number of halogens is 1. The molecule has 0 saturated carbocycles. The maximum atomic E-state index is 13.9. The maximum Gasteiger partial charge on any atom is 0.180 e. The highest BCUT2D eigenvalue weighted by Crippen LogP contribution is 2.22. The summed E-state index contributed by atoms with van der Waals surface area (Å²) in [6.07, 6.45) is 1.94. The first-order valence-electron chi connectivity index (χ1n) is 6.18. The number of nitrogens with zero attached hydrogens (tertiary/aromatic N) is 3. The van der Waals surface area contributed by atoms with Gasteiger partial charge in [-0.15, -0.1) is 0 Å². The van der Waals surface area contributed by atoms with Crippen molar-refractivity contribution in [3.63, 3.8) is 0 Å². The van der Waals surface area contributed by atoms with Gasteiger partial charge in [0.1, 0.15) is 17.0 Å². The van der Waals surface area contributed by atoms with Crippen molar-refractivity contribution >= 4 is 16.7 Å². The Bertz CT molecular complexity index is 654. The average molecular weight is 259 g/mol. The molecule has 0 unspecified atom stereocenters.